The van der Waals surface area contributed by atoms with Gasteiger partial charge in [-0.3, -0.25) is 9.69 Å². The first-order chi connectivity index (χ1) is 8.79. The zero-order valence-electron chi connectivity index (χ0n) is 10.6. The number of hydrogen-bond acceptors (Lipinski definition) is 2. The van der Waals surface area contributed by atoms with Crippen molar-refractivity contribution in [2.45, 2.75) is 48.8 Å². The van der Waals surface area contributed by atoms with E-state index in [0.717, 1.165) is 18.2 Å². The lowest BCUT2D eigenvalue weighted by molar-refractivity contribution is -0.505. The number of thioether (sulfide) groups is 1. The second-order valence-corrected chi connectivity index (χ2v) is 7.10. The Morgan fingerprint density at radius 2 is 2.11 bits per heavy atom. The summed E-state index contributed by atoms with van der Waals surface area (Å²) in [7, 11) is 0. The molecular formula is C13H18BrClN2OS. The van der Waals surface area contributed by atoms with E-state index in [9.17, 15) is 4.79 Å². The van der Waals surface area contributed by atoms with E-state index >= 15 is 0 Å². The summed E-state index contributed by atoms with van der Waals surface area (Å²) in [4.78, 5) is 17.4. The molecule has 1 saturated carbocycles. The third-order valence-electron chi connectivity index (χ3n) is 3.82. The first-order valence-electron chi connectivity index (χ1n) is 6.63. The summed E-state index contributed by atoms with van der Waals surface area (Å²) in [6, 6.07) is 0.00889. The van der Waals surface area contributed by atoms with Crippen LogP contribution in [0.2, 0.25) is 0 Å². The number of amides is 1. The second kappa shape index (κ2) is 6.64. The molecule has 1 saturated heterocycles. The molecule has 2 fully saturated rings. The van der Waals surface area contributed by atoms with Crippen molar-refractivity contribution in [2.24, 2.45) is 0 Å². The van der Waals surface area contributed by atoms with Crippen molar-refractivity contribution in [1.82, 2.24) is 4.90 Å². The van der Waals surface area contributed by atoms with E-state index in [0.29, 0.717) is 10.6 Å². The Balaban J connectivity index is 0.00000133. The second-order valence-electron chi connectivity index (χ2n) is 5.09. The standard InChI is InChI=1S/C13H17BrN2OS.ClH/c14-8-10-6-7-16-12(17)11(13(16)18-10)15-9-4-2-1-3-5-9;/h6-7,10-11,13H,1-5,8H2;1H/t10?,11-,13-;/m1./s1. The van der Waals surface area contributed by atoms with Crippen LogP contribution in [0.25, 0.3) is 0 Å². The van der Waals surface area contributed by atoms with Crippen LogP contribution in [0.3, 0.4) is 0 Å². The van der Waals surface area contributed by atoms with E-state index in [1.54, 1.807) is 0 Å². The molecule has 1 aliphatic carbocycles. The molecule has 0 radical (unpaired) electrons. The summed E-state index contributed by atoms with van der Waals surface area (Å²) in [5.74, 6) is 0.231. The molecule has 0 aromatic rings. The molecule has 0 aromatic carbocycles. The maximum absolute atomic E-state index is 12.0. The number of fused-ring (bicyclic) bond motifs is 1. The molecule has 2 heterocycles. The minimum atomic E-state index is 0. The number of carbonyl (C=O) groups is 1. The van der Waals surface area contributed by atoms with Crippen LogP contribution < -0.4 is 17.4 Å². The number of carbonyl (C=O) groups excluding carboxylic acids is 1. The van der Waals surface area contributed by atoms with Gasteiger partial charge in [0.25, 0.3) is 11.9 Å². The Morgan fingerprint density at radius 3 is 2.79 bits per heavy atom. The normalized spacial score (nSPS) is 33.3. The average molecular weight is 366 g/mol. The number of β-lactam (4-membered cyclic amide) rings is 1. The Labute approximate surface area is 132 Å². The van der Waals surface area contributed by atoms with E-state index in [1.807, 2.05) is 22.9 Å². The van der Waals surface area contributed by atoms with Gasteiger partial charge in [-0.1, -0.05) is 28.4 Å². The number of nitrogens with one attached hydrogen (secondary N) is 1. The van der Waals surface area contributed by atoms with Crippen molar-refractivity contribution < 1.29 is 22.2 Å². The van der Waals surface area contributed by atoms with Crippen LogP contribution in [0.5, 0.6) is 0 Å². The molecule has 3 nitrogen and oxygen atoms in total. The van der Waals surface area contributed by atoms with Crippen molar-refractivity contribution in [1.29, 1.82) is 0 Å². The molecule has 1 unspecified atom stereocenters. The van der Waals surface area contributed by atoms with Crippen LogP contribution in [0.1, 0.15) is 32.1 Å². The van der Waals surface area contributed by atoms with Crippen molar-refractivity contribution in [3.05, 3.63) is 12.3 Å². The molecule has 3 rings (SSSR count). The largest absolute Gasteiger partial charge is 1.00 e. The van der Waals surface area contributed by atoms with Gasteiger partial charge >= 0.3 is 0 Å². The molecule has 0 spiro atoms. The van der Waals surface area contributed by atoms with Gasteiger partial charge in [-0.15, -0.1) is 11.8 Å². The summed E-state index contributed by atoms with van der Waals surface area (Å²) in [6.45, 7) is 0. The third-order valence-corrected chi connectivity index (χ3v) is 6.40. The first kappa shape index (κ1) is 15.4. The highest BCUT2D eigenvalue weighted by Gasteiger charge is 2.53. The van der Waals surface area contributed by atoms with Gasteiger partial charge in [-0.25, -0.2) is 4.99 Å². The highest BCUT2D eigenvalue weighted by molar-refractivity contribution is 9.09. The molecule has 106 valence electrons. The van der Waals surface area contributed by atoms with Crippen LogP contribution >= 0.6 is 27.7 Å². The molecule has 1 amide bonds. The first-order valence-corrected chi connectivity index (χ1v) is 8.69. The van der Waals surface area contributed by atoms with E-state index in [4.69, 9.17) is 0 Å². The number of nitrogens with zero attached hydrogens (tertiary/aromatic N) is 1. The molecular weight excluding hydrogens is 348 g/mol. The summed E-state index contributed by atoms with van der Waals surface area (Å²) in [5.41, 5.74) is 1.39. The Hall–Kier alpha value is -0.000000000000000111. The lowest BCUT2D eigenvalue weighted by atomic mass is 9.97. The lowest BCUT2D eigenvalue weighted by Gasteiger charge is -2.43. The molecule has 0 aromatic heterocycles. The number of alkyl halides is 1. The van der Waals surface area contributed by atoms with Crippen LogP contribution in [0.15, 0.2) is 12.3 Å². The number of rotatable bonds is 2. The molecule has 2 aliphatic heterocycles. The maximum atomic E-state index is 12.0. The van der Waals surface area contributed by atoms with Crippen molar-refractivity contribution in [3.63, 3.8) is 0 Å². The van der Waals surface area contributed by atoms with E-state index in [-0.39, 0.29) is 24.4 Å². The van der Waals surface area contributed by atoms with Crippen molar-refractivity contribution in [3.8, 4) is 0 Å². The molecule has 6 heteroatoms. The molecule has 1 N–H and O–H groups in total. The number of hydrogen-bond donors (Lipinski definition) is 1. The smallest absolute Gasteiger partial charge is 0.299 e. The quantitative estimate of drug-likeness (QED) is 0.455. The van der Waals surface area contributed by atoms with E-state index in [2.05, 4.69) is 27.0 Å². The predicted octanol–water partition coefficient (Wildman–Crippen LogP) is -1.96. The van der Waals surface area contributed by atoms with Gasteiger partial charge in [0, 0.05) is 29.6 Å². The highest BCUT2D eigenvalue weighted by Crippen LogP contribution is 2.36. The maximum Gasteiger partial charge on any atom is 0.299 e. The Bertz CT molecular complexity index is 407. The predicted molar refractivity (Wildman–Crippen MR) is 77.8 cm³/mol. The van der Waals surface area contributed by atoms with Crippen LogP contribution in [0, 0.1) is 0 Å². The minimum absolute atomic E-state index is 0. The Morgan fingerprint density at radius 1 is 1.37 bits per heavy atom. The summed E-state index contributed by atoms with van der Waals surface area (Å²) >= 11 is 5.39. The van der Waals surface area contributed by atoms with Gasteiger partial charge in [0.2, 0.25) is 0 Å². The monoisotopic (exact) mass is 364 g/mol. The van der Waals surface area contributed by atoms with Gasteiger partial charge in [-0.2, -0.15) is 0 Å². The van der Waals surface area contributed by atoms with Crippen LogP contribution in [0.4, 0.5) is 0 Å². The van der Waals surface area contributed by atoms with Gasteiger partial charge in [-0.05, 0) is 12.8 Å². The fraction of sp³-hybridized carbons (Fsp3) is 0.692. The summed E-state index contributed by atoms with van der Waals surface area (Å²) in [5, 5.41) is 1.73. The zero-order valence-corrected chi connectivity index (χ0v) is 13.8. The van der Waals surface area contributed by atoms with Gasteiger partial charge in [0.15, 0.2) is 11.1 Å². The molecule has 19 heavy (non-hydrogen) atoms. The Kier molecular flexibility index (Phi) is 5.37. The topological polar surface area (TPSA) is 34.3 Å². The third kappa shape index (κ3) is 3.03. The summed E-state index contributed by atoms with van der Waals surface area (Å²) in [6.07, 6.45) is 10.3. The number of halogens is 2. The highest BCUT2D eigenvalue weighted by atomic mass is 79.9. The van der Waals surface area contributed by atoms with Gasteiger partial charge in [0.05, 0.1) is 0 Å². The fourth-order valence-electron chi connectivity index (χ4n) is 2.77. The minimum Gasteiger partial charge on any atom is -1.00 e. The van der Waals surface area contributed by atoms with E-state index in [1.165, 1.54) is 25.0 Å². The van der Waals surface area contributed by atoms with Gasteiger partial charge in [0.1, 0.15) is 0 Å². The van der Waals surface area contributed by atoms with Gasteiger partial charge < -0.3 is 12.4 Å². The zero-order chi connectivity index (χ0) is 12.5. The van der Waals surface area contributed by atoms with E-state index < -0.39 is 0 Å². The molecule has 3 aliphatic rings. The summed E-state index contributed by atoms with van der Waals surface area (Å²) < 4.78 is 0. The van der Waals surface area contributed by atoms with Crippen molar-refractivity contribution in [2.75, 3.05) is 5.33 Å². The fourth-order valence-corrected chi connectivity index (χ4v) is 4.68. The molecule has 3 atom stereocenters. The average Bonchev–Trinajstić information content (AvgIpc) is 2.45. The van der Waals surface area contributed by atoms with Crippen molar-refractivity contribution >= 4 is 39.3 Å². The van der Waals surface area contributed by atoms with Crippen LogP contribution in [-0.2, 0) is 4.79 Å². The molecule has 0 bridgehead atoms. The SMILES string of the molecule is O=C1[C@@H]([NH+]=C2CCCCC2)[C@H]2SC(CBr)C=CN12.[Cl-]. The van der Waals surface area contributed by atoms with Crippen LogP contribution in [-0.4, -0.2) is 38.5 Å². The lowest BCUT2D eigenvalue weighted by Crippen LogP contribution is -3.00.